The van der Waals surface area contributed by atoms with Crippen molar-refractivity contribution in [2.75, 3.05) is 18.6 Å². The Labute approximate surface area is 151 Å². The highest BCUT2D eigenvalue weighted by atomic mass is 16.6. The Morgan fingerprint density at radius 3 is 2.65 bits per heavy atom. The minimum atomic E-state index is -1.32. The molecule has 3 aliphatic heterocycles. The van der Waals surface area contributed by atoms with Crippen LogP contribution in [0.5, 0.6) is 0 Å². The highest BCUT2D eigenvalue weighted by Crippen LogP contribution is 2.74. The zero-order chi connectivity index (χ0) is 18.5. The van der Waals surface area contributed by atoms with Crippen molar-refractivity contribution in [1.82, 2.24) is 0 Å². The molecule has 1 amide bonds. The molecule has 0 radical (unpaired) electrons. The molecule has 1 aromatic rings. The molecular weight excluding hydrogens is 334 g/mol. The first kappa shape index (κ1) is 16.0. The Kier molecular flexibility index (Phi) is 2.80. The molecule has 136 valence electrons. The van der Waals surface area contributed by atoms with Gasteiger partial charge in [0.2, 0.25) is 5.91 Å². The first-order chi connectivity index (χ1) is 12.4. The fourth-order valence-electron chi connectivity index (χ4n) is 5.79. The Morgan fingerprint density at radius 2 is 2.00 bits per heavy atom. The molecule has 2 bridgehead atoms. The molecule has 4 aliphatic rings. The quantitative estimate of drug-likeness (QED) is 0.754. The van der Waals surface area contributed by atoms with Crippen molar-refractivity contribution in [3.8, 4) is 0 Å². The highest BCUT2D eigenvalue weighted by molar-refractivity contribution is 6.17. The van der Waals surface area contributed by atoms with E-state index in [4.69, 9.17) is 9.47 Å². The third-order valence-corrected chi connectivity index (χ3v) is 7.08. The molecular formula is C20H21NO5. The molecule has 2 saturated heterocycles. The van der Waals surface area contributed by atoms with Gasteiger partial charge in [-0.05, 0) is 38.3 Å². The average Bonchev–Trinajstić information content (AvgIpc) is 3.30. The van der Waals surface area contributed by atoms with Gasteiger partial charge in [0.1, 0.15) is 17.4 Å². The summed E-state index contributed by atoms with van der Waals surface area (Å²) in [5.74, 6) is -1.55. The van der Waals surface area contributed by atoms with Crippen LogP contribution in [-0.2, 0) is 29.3 Å². The summed E-state index contributed by atoms with van der Waals surface area (Å²) < 4.78 is 11.6. The average molecular weight is 355 g/mol. The van der Waals surface area contributed by atoms with E-state index < -0.39 is 34.4 Å². The predicted molar refractivity (Wildman–Crippen MR) is 91.6 cm³/mol. The summed E-state index contributed by atoms with van der Waals surface area (Å²) in [6.07, 6.45) is 0.482. The van der Waals surface area contributed by atoms with Gasteiger partial charge in [-0.2, -0.15) is 0 Å². The molecule has 6 nitrogen and oxygen atoms in total. The van der Waals surface area contributed by atoms with Crippen molar-refractivity contribution in [2.24, 2.45) is 11.3 Å². The Bertz CT molecular complexity index is 875. The number of esters is 1. The van der Waals surface area contributed by atoms with Crippen molar-refractivity contribution in [3.05, 3.63) is 29.8 Å². The molecule has 0 N–H and O–H groups in total. The lowest BCUT2D eigenvalue weighted by Gasteiger charge is -2.42. The first-order valence-electron chi connectivity index (χ1n) is 9.12. The van der Waals surface area contributed by atoms with E-state index >= 15 is 0 Å². The third-order valence-electron chi connectivity index (χ3n) is 7.08. The summed E-state index contributed by atoms with van der Waals surface area (Å²) in [6, 6.07) is 7.36. The summed E-state index contributed by atoms with van der Waals surface area (Å²) in [5.41, 5.74) is -1.55. The molecule has 0 aromatic heterocycles. The van der Waals surface area contributed by atoms with Gasteiger partial charge in [0, 0.05) is 12.7 Å². The van der Waals surface area contributed by atoms with Crippen molar-refractivity contribution in [2.45, 2.75) is 43.8 Å². The van der Waals surface area contributed by atoms with Gasteiger partial charge in [0.25, 0.3) is 0 Å². The molecule has 1 aliphatic carbocycles. The maximum absolute atomic E-state index is 13.5. The number of carbonyl (C=O) groups excluding carboxylic acids is 3. The summed E-state index contributed by atoms with van der Waals surface area (Å²) in [5, 5.41) is 0. The van der Waals surface area contributed by atoms with Crippen molar-refractivity contribution < 1.29 is 23.9 Å². The number of ketones is 1. The molecule has 1 aromatic carbocycles. The Balaban J connectivity index is 1.80. The lowest BCUT2D eigenvalue weighted by atomic mass is 9.54. The van der Waals surface area contributed by atoms with Crippen LogP contribution in [0.4, 0.5) is 5.69 Å². The number of para-hydroxylation sites is 1. The summed E-state index contributed by atoms with van der Waals surface area (Å²) in [7, 11) is 1.68. The zero-order valence-corrected chi connectivity index (χ0v) is 15.1. The van der Waals surface area contributed by atoms with Crippen molar-refractivity contribution >= 4 is 23.3 Å². The highest BCUT2D eigenvalue weighted by Gasteiger charge is 2.87. The maximum Gasteiger partial charge on any atom is 0.313 e. The summed E-state index contributed by atoms with van der Waals surface area (Å²) in [4.78, 5) is 41.4. The van der Waals surface area contributed by atoms with E-state index in [0.717, 1.165) is 5.69 Å². The van der Waals surface area contributed by atoms with Gasteiger partial charge in [-0.3, -0.25) is 14.4 Å². The third kappa shape index (κ3) is 1.37. The number of Topliss-reactive ketones (excluding diaryl/α,β-unsaturated/α-hetero) is 1. The van der Waals surface area contributed by atoms with Gasteiger partial charge < -0.3 is 14.4 Å². The second kappa shape index (κ2) is 4.55. The first-order valence-corrected chi connectivity index (χ1v) is 9.12. The van der Waals surface area contributed by atoms with Gasteiger partial charge >= 0.3 is 5.97 Å². The van der Waals surface area contributed by atoms with Crippen molar-refractivity contribution in [3.63, 3.8) is 0 Å². The fourth-order valence-corrected chi connectivity index (χ4v) is 5.79. The number of anilines is 1. The monoisotopic (exact) mass is 355 g/mol. The van der Waals surface area contributed by atoms with Gasteiger partial charge in [0.05, 0.1) is 17.6 Å². The number of benzene rings is 1. The van der Waals surface area contributed by atoms with Crippen LogP contribution in [0, 0.1) is 11.3 Å². The van der Waals surface area contributed by atoms with Crippen LogP contribution in [0.15, 0.2) is 24.3 Å². The lowest BCUT2D eigenvalue weighted by Crippen LogP contribution is -2.63. The summed E-state index contributed by atoms with van der Waals surface area (Å²) in [6.45, 7) is 3.79. The number of fused-ring (bicyclic) bond motifs is 6. The minimum Gasteiger partial charge on any atom is -0.466 e. The standard InChI is InChI=1S/C20H21NO5/c1-4-25-16(23)13-18(2)19(9-10-19)14(22)15(26-18)20(13)11-7-5-6-8-12(11)21(3)17(20)24/h5-8,13,15H,4,9-10H2,1-3H3/t13-,15-,18-,20+/m1/s1. The lowest BCUT2D eigenvalue weighted by molar-refractivity contribution is -0.161. The number of rotatable bonds is 2. The van der Waals surface area contributed by atoms with Gasteiger partial charge in [-0.15, -0.1) is 0 Å². The Hall–Kier alpha value is -2.21. The van der Waals surface area contributed by atoms with Crippen LogP contribution in [0.1, 0.15) is 32.3 Å². The van der Waals surface area contributed by atoms with E-state index in [-0.39, 0.29) is 18.3 Å². The number of ether oxygens (including phenoxy) is 2. The van der Waals surface area contributed by atoms with E-state index in [1.54, 1.807) is 18.9 Å². The predicted octanol–water partition coefficient (Wildman–Crippen LogP) is 1.60. The molecule has 3 fully saturated rings. The van der Waals surface area contributed by atoms with E-state index in [1.165, 1.54) is 0 Å². The molecule has 5 rings (SSSR count). The SMILES string of the molecule is CCOC(=O)[C@H]1[C@]2(C(=O)N(C)c3ccccc32)[C@@H]2O[C@@]1(C)C1(CC1)C2=O. The molecule has 3 heterocycles. The number of likely N-dealkylation sites (N-methyl/N-ethyl adjacent to an activating group) is 1. The van der Waals surface area contributed by atoms with Crippen LogP contribution < -0.4 is 4.90 Å². The van der Waals surface area contributed by atoms with Gasteiger partial charge in [-0.1, -0.05) is 18.2 Å². The van der Waals surface area contributed by atoms with Crippen LogP contribution in [-0.4, -0.2) is 43.0 Å². The van der Waals surface area contributed by atoms with Crippen LogP contribution in [0.2, 0.25) is 0 Å². The molecule has 2 spiro atoms. The van der Waals surface area contributed by atoms with E-state index in [1.807, 2.05) is 31.2 Å². The number of hydrogen-bond donors (Lipinski definition) is 0. The smallest absolute Gasteiger partial charge is 0.313 e. The van der Waals surface area contributed by atoms with Crippen LogP contribution >= 0.6 is 0 Å². The molecule has 26 heavy (non-hydrogen) atoms. The van der Waals surface area contributed by atoms with Gasteiger partial charge in [0.15, 0.2) is 5.78 Å². The fraction of sp³-hybridized carbons (Fsp3) is 0.550. The Morgan fingerprint density at radius 1 is 1.31 bits per heavy atom. The number of carbonyl (C=O) groups is 3. The molecule has 0 unspecified atom stereocenters. The van der Waals surface area contributed by atoms with Crippen LogP contribution in [0.25, 0.3) is 0 Å². The van der Waals surface area contributed by atoms with E-state index in [9.17, 15) is 14.4 Å². The maximum atomic E-state index is 13.5. The molecule has 4 atom stereocenters. The second-order valence-electron chi connectivity index (χ2n) is 7.99. The number of hydrogen-bond acceptors (Lipinski definition) is 5. The number of amides is 1. The molecule has 6 heteroatoms. The number of nitrogens with zero attached hydrogens (tertiary/aromatic N) is 1. The topological polar surface area (TPSA) is 72.9 Å². The van der Waals surface area contributed by atoms with Gasteiger partial charge in [-0.25, -0.2) is 0 Å². The second-order valence-corrected chi connectivity index (χ2v) is 7.99. The molecule has 1 saturated carbocycles. The largest absolute Gasteiger partial charge is 0.466 e. The van der Waals surface area contributed by atoms with E-state index in [0.29, 0.717) is 18.4 Å². The zero-order valence-electron chi connectivity index (χ0n) is 15.1. The summed E-state index contributed by atoms with van der Waals surface area (Å²) >= 11 is 0. The van der Waals surface area contributed by atoms with Crippen LogP contribution in [0.3, 0.4) is 0 Å². The minimum absolute atomic E-state index is 0.0287. The van der Waals surface area contributed by atoms with Crippen molar-refractivity contribution in [1.29, 1.82) is 0 Å². The van der Waals surface area contributed by atoms with E-state index in [2.05, 4.69) is 0 Å². The normalized spacial score (nSPS) is 38.3.